The molecule has 3 aromatic carbocycles. The third-order valence-electron chi connectivity index (χ3n) is 5.03. The van der Waals surface area contributed by atoms with Gasteiger partial charge in [-0.05, 0) is 54.6 Å². The Labute approximate surface area is 193 Å². The molecule has 0 unspecified atom stereocenters. The number of methoxy groups -OCH3 is 1. The summed E-state index contributed by atoms with van der Waals surface area (Å²) in [6.45, 7) is 0. The number of hydrogen-bond acceptors (Lipinski definition) is 5. The summed E-state index contributed by atoms with van der Waals surface area (Å²) in [5.74, 6) is 1.99. The molecule has 1 N–H and O–H groups in total. The van der Waals surface area contributed by atoms with Crippen LogP contribution in [0.3, 0.4) is 0 Å². The van der Waals surface area contributed by atoms with E-state index in [1.807, 2.05) is 66.7 Å². The average molecular weight is 462 g/mol. The van der Waals surface area contributed by atoms with Crippen LogP contribution in [0.25, 0.3) is 33.2 Å². The summed E-state index contributed by atoms with van der Waals surface area (Å²) in [4.78, 5) is 4.61. The van der Waals surface area contributed by atoms with Crippen molar-refractivity contribution in [1.29, 1.82) is 0 Å². The van der Waals surface area contributed by atoms with Crippen molar-refractivity contribution in [3.8, 4) is 17.1 Å². The summed E-state index contributed by atoms with van der Waals surface area (Å²) in [6.07, 6.45) is 0. The molecule has 0 fully saturated rings. The zero-order valence-electron chi connectivity index (χ0n) is 17.0. The van der Waals surface area contributed by atoms with Crippen molar-refractivity contribution in [1.82, 2.24) is 4.98 Å². The van der Waals surface area contributed by atoms with Gasteiger partial charge in [-0.1, -0.05) is 41.4 Å². The van der Waals surface area contributed by atoms with E-state index >= 15 is 0 Å². The molecular weight excluding hydrogens is 445 g/mol. The smallest absolute Gasteiger partial charge is 0.155 e. The minimum absolute atomic E-state index is 0.406. The van der Waals surface area contributed by atoms with Gasteiger partial charge in [0, 0.05) is 27.4 Å². The van der Waals surface area contributed by atoms with Gasteiger partial charge in [0.2, 0.25) is 0 Å². The van der Waals surface area contributed by atoms with Crippen LogP contribution in [0.5, 0.6) is 5.75 Å². The molecule has 5 aromatic rings. The number of rotatable bonds is 4. The first kappa shape index (κ1) is 20.4. The topological polar surface area (TPSA) is 59.6 Å². The number of anilines is 1. The van der Waals surface area contributed by atoms with Gasteiger partial charge in [-0.15, -0.1) is 0 Å². The molecule has 158 valence electrons. The van der Waals surface area contributed by atoms with E-state index in [4.69, 9.17) is 32.4 Å². The van der Waals surface area contributed by atoms with Crippen molar-refractivity contribution in [2.24, 2.45) is 5.10 Å². The van der Waals surface area contributed by atoms with Gasteiger partial charge < -0.3 is 9.15 Å². The number of nitrogens with one attached hydrogen (secondary N) is 1. The molecular formula is C25H17Cl2N3O2. The van der Waals surface area contributed by atoms with Gasteiger partial charge in [0.05, 0.1) is 23.0 Å². The van der Waals surface area contributed by atoms with Gasteiger partial charge in [-0.25, -0.2) is 4.98 Å². The molecule has 0 aliphatic rings. The van der Waals surface area contributed by atoms with Crippen LogP contribution in [-0.4, -0.2) is 12.1 Å². The van der Waals surface area contributed by atoms with Gasteiger partial charge in [0.25, 0.3) is 0 Å². The lowest BCUT2D eigenvalue weighted by molar-refractivity contribution is 0.415. The minimum atomic E-state index is 0.406. The van der Waals surface area contributed by atoms with Crippen molar-refractivity contribution < 1.29 is 9.15 Å². The number of para-hydroxylation sites is 1. The lowest BCUT2D eigenvalue weighted by Crippen LogP contribution is -2.08. The second kappa shape index (κ2) is 8.54. The first-order valence-corrected chi connectivity index (χ1v) is 10.6. The first-order valence-electron chi connectivity index (χ1n) is 9.83. The molecule has 5 nitrogen and oxygen atoms in total. The molecule has 0 amide bonds. The van der Waals surface area contributed by atoms with Crippen molar-refractivity contribution in [2.45, 2.75) is 0 Å². The van der Waals surface area contributed by atoms with Gasteiger partial charge in [-0.3, -0.25) is 5.43 Å². The fourth-order valence-electron chi connectivity index (χ4n) is 3.43. The van der Waals surface area contributed by atoms with E-state index in [9.17, 15) is 0 Å². The second-order valence-corrected chi connectivity index (χ2v) is 7.95. The number of halogens is 2. The summed E-state index contributed by atoms with van der Waals surface area (Å²) in [6, 6.07) is 24.6. The SMILES string of the molecule is COc1ccc(-c2cc(=NNc3ccc4ccccc4n3)c3cc(Cl)cc(Cl)c3o2)cc1. The van der Waals surface area contributed by atoms with Crippen LogP contribution >= 0.6 is 23.2 Å². The predicted octanol–water partition coefficient (Wildman–Crippen LogP) is 6.89. The van der Waals surface area contributed by atoms with E-state index in [1.165, 1.54) is 0 Å². The largest absolute Gasteiger partial charge is 0.497 e. The number of hydrogen-bond donors (Lipinski definition) is 1. The van der Waals surface area contributed by atoms with Crippen LogP contribution in [0.2, 0.25) is 10.0 Å². The zero-order valence-corrected chi connectivity index (χ0v) is 18.5. The quantitative estimate of drug-likeness (QED) is 0.296. The molecule has 32 heavy (non-hydrogen) atoms. The Hall–Kier alpha value is -3.54. The Balaban J connectivity index is 1.65. The molecule has 0 spiro atoms. The van der Waals surface area contributed by atoms with Crippen molar-refractivity contribution in [3.63, 3.8) is 0 Å². The molecule has 2 heterocycles. The van der Waals surface area contributed by atoms with E-state index in [-0.39, 0.29) is 0 Å². The number of ether oxygens (including phenoxy) is 1. The Kier molecular flexibility index (Phi) is 5.43. The fraction of sp³-hybridized carbons (Fsp3) is 0.0400. The molecule has 0 aliphatic carbocycles. The third-order valence-corrected chi connectivity index (χ3v) is 5.53. The van der Waals surface area contributed by atoms with E-state index < -0.39 is 0 Å². The van der Waals surface area contributed by atoms with Crippen molar-refractivity contribution >= 4 is 50.9 Å². The van der Waals surface area contributed by atoms with Crippen molar-refractivity contribution in [2.75, 3.05) is 12.5 Å². The highest BCUT2D eigenvalue weighted by Gasteiger charge is 2.11. The van der Waals surface area contributed by atoms with Gasteiger partial charge in [0.1, 0.15) is 17.3 Å². The van der Waals surface area contributed by atoms with Crippen LogP contribution < -0.4 is 15.5 Å². The molecule has 0 saturated heterocycles. The highest BCUT2D eigenvalue weighted by molar-refractivity contribution is 6.38. The maximum atomic E-state index is 6.45. The third kappa shape index (κ3) is 4.00. The monoisotopic (exact) mass is 461 g/mol. The van der Waals surface area contributed by atoms with Crippen LogP contribution in [0, 0.1) is 0 Å². The van der Waals surface area contributed by atoms with Gasteiger partial charge in [-0.2, -0.15) is 5.10 Å². The molecule has 5 rings (SSSR count). The normalized spacial score (nSPS) is 11.8. The van der Waals surface area contributed by atoms with E-state index in [1.54, 1.807) is 19.2 Å². The number of benzene rings is 3. The Morgan fingerprint density at radius 2 is 1.75 bits per heavy atom. The van der Waals surface area contributed by atoms with Crippen LogP contribution in [0.4, 0.5) is 5.82 Å². The Morgan fingerprint density at radius 3 is 2.56 bits per heavy atom. The maximum absolute atomic E-state index is 6.45. The summed E-state index contributed by atoms with van der Waals surface area (Å²) >= 11 is 12.7. The number of pyridine rings is 1. The molecule has 0 aliphatic heterocycles. The summed E-state index contributed by atoms with van der Waals surface area (Å²) in [7, 11) is 1.63. The molecule has 0 saturated carbocycles. The summed E-state index contributed by atoms with van der Waals surface area (Å²) < 4.78 is 11.4. The molecule has 0 bridgehead atoms. The van der Waals surface area contributed by atoms with Crippen LogP contribution in [0.1, 0.15) is 0 Å². The average Bonchev–Trinajstić information content (AvgIpc) is 2.82. The molecule has 0 radical (unpaired) electrons. The minimum Gasteiger partial charge on any atom is -0.497 e. The fourth-order valence-corrected chi connectivity index (χ4v) is 3.96. The van der Waals surface area contributed by atoms with Gasteiger partial charge >= 0.3 is 0 Å². The van der Waals surface area contributed by atoms with E-state index in [0.717, 1.165) is 22.2 Å². The van der Waals surface area contributed by atoms with Crippen LogP contribution in [0.15, 0.2) is 88.4 Å². The zero-order chi connectivity index (χ0) is 22.1. The van der Waals surface area contributed by atoms with E-state index in [0.29, 0.717) is 37.9 Å². The standard InChI is InChI=1S/C25H17Cl2N3O2/c1-31-18-9-6-16(7-10-18)23-14-22(19-12-17(26)13-20(27)25(19)32-23)29-30-24-11-8-15-4-2-3-5-21(15)28-24/h2-14H,1H3,(H,28,30). The first-order chi connectivity index (χ1) is 15.6. The van der Waals surface area contributed by atoms with Crippen LogP contribution in [-0.2, 0) is 0 Å². The Bertz CT molecular complexity index is 1510. The van der Waals surface area contributed by atoms with Crippen molar-refractivity contribution in [3.05, 3.63) is 94.3 Å². The highest BCUT2D eigenvalue weighted by Crippen LogP contribution is 2.30. The highest BCUT2D eigenvalue weighted by atomic mass is 35.5. The molecule has 7 heteroatoms. The number of fused-ring (bicyclic) bond motifs is 2. The predicted molar refractivity (Wildman–Crippen MR) is 129 cm³/mol. The molecule has 2 aromatic heterocycles. The summed E-state index contributed by atoms with van der Waals surface area (Å²) in [5, 5.41) is 7.87. The van der Waals surface area contributed by atoms with Gasteiger partial charge in [0.15, 0.2) is 5.58 Å². The lowest BCUT2D eigenvalue weighted by atomic mass is 10.1. The number of nitrogens with zero attached hydrogens (tertiary/aromatic N) is 2. The lowest BCUT2D eigenvalue weighted by Gasteiger charge is -2.08. The number of aromatic nitrogens is 1. The van der Waals surface area contributed by atoms with E-state index in [2.05, 4.69) is 15.5 Å². The second-order valence-electron chi connectivity index (χ2n) is 7.10. The molecule has 0 atom stereocenters. The summed E-state index contributed by atoms with van der Waals surface area (Å²) in [5.41, 5.74) is 5.28. The maximum Gasteiger partial charge on any atom is 0.155 e. The Morgan fingerprint density at radius 1 is 0.938 bits per heavy atom.